The molecule has 1 aliphatic heterocycles. The normalized spacial score (nSPS) is 18.3. The monoisotopic (exact) mass is 470 g/mol. The van der Waals surface area contributed by atoms with Crippen LogP contribution in [0.2, 0.25) is 0 Å². The van der Waals surface area contributed by atoms with Crippen molar-refractivity contribution < 1.29 is 28.9 Å². The van der Waals surface area contributed by atoms with Gasteiger partial charge in [0.15, 0.2) is 6.79 Å². The second kappa shape index (κ2) is 11.9. The average Bonchev–Trinajstić information content (AvgIpc) is 3.02. The van der Waals surface area contributed by atoms with Gasteiger partial charge >= 0.3 is 6.09 Å². The van der Waals surface area contributed by atoms with E-state index in [9.17, 15) is 14.7 Å². The van der Waals surface area contributed by atoms with Crippen LogP contribution in [0.25, 0.3) is 0 Å². The molecule has 0 saturated carbocycles. The van der Waals surface area contributed by atoms with Crippen LogP contribution in [-0.4, -0.2) is 61.1 Å². The summed E-state index contributed by atoms with van der Waals surface area (Å²) in [7, 11) is 1.56. The van der Waals surface area contributed by atoms with Crippen molar-refractivity contribution in [2.24, 2.45) is 0 Å². The highest BCUT2D eigenvalue weighted by atomic mass is 16.7. The standard InChI is InChI=1S/C26H34N2O6/c1-17-13-23(34-16-32-4)18(2)19(3)24(17)25(29)27-21-14-28(26(30)31)12-8-11-22(21)33-15-20-9-6-5-7-10-20/h5-7,9-10,13,21-22H,8,11-12,14-16H2,1-4H3,(H,27,29)(H,30,31)/t21-,22-/m1/s1. The summed E-state index contributed by atoms with van der Waals surface area (Å²) in [5.41, 5.74) is 4.04. The van der Waals surface area contributed by atoms with Crippen LogP contribution in [0.1, 0.15) is 45.5 Å². The molecule has 0 bridgehead atoms. The van der Waals surface area contributed by atoms with Crippen molar-refractivity contribution in [3.05, 3.63) is 64.2 Å². The minimum absolute atomic E-state index is 0.124. The first-order chi connectivity index (χ1) is 16.3. The zero-order valence-electron chi connectivity index (χ0n) is 20.3. The maximum absolute atomic E-state index is 13.4. The third kappa shape index (κ3) is 6.27. The van der Waals surface area contributed by atoms with Gasteiger partial charge in [0.1, 0.15) is 5.75 Å². The molecule has 0 radical (unpaired) electrons. The zero-order chi connectivity index (χ0) is 24.7. The van der Waals surface area contributed by atoms with Crippen LogP contribution in [-0.2, 0) is 16.1 Å². The first kappa shape index (κ1) is 25.5. The highest BCUT2D eigenvalue weighted by Gasteiger charge is 2.32. The summed E-state index contributed by atoms with van der Waals surface area (Å²) in [5.74, 6) is 0.422. The average molecular weight is 471 g/mol. The van der Waals surface area contributed by atoms with Crippen molar-refractivity contribution in [1.29, 1.82) is 0 Å². The first-order valence-corrected chi connectivity index (χ1v) is 11.5. The van der Waals surface area contributed by atoms with Gasteiger partial charge in [-0.25, -0.2) is 4.79 Å². The maximum Gasteiger partial charge on any atom is 0.407 e. The predicted octanol–water partition coefficient (Wildman–Crippen LogP) is 4.05. The van der Waals surface area contributed by atoms with Gasteiger partial charge in [-0.2, -0.15) is 0 Å². The van der Waals surface area contributed by atoms with Crippen LogP contribution in [0.3, 0.4) is 0 Å². The lowest BCUT2D eigenvalue weighted by Gasteiger charge is -2.29. The molecule has 3 rings (SSSR count). The molecule has 1 heterocycles. The van der Waals surface area contributed by atoms with E-state index in [1.165, 1.54) is 4.90 Å². The zero-order valence-corrected chi connectivity index (χ0v) is 20.3. The number of ether oxygens (including phenoxy) is 3. The molecule has 8 nitrogen and oxygen atoms in total. The Kier molecular flexibility index (Phi) is 8.90. The van der Waals surface area contributed by atoms with Gasteiger partial charge in [-0.3, -0.25) is 4.79 Å². The summed E-state index contributed by atoms with van der Waals surface area (Å²) < 4.78 is 16.8. The SMILES string of the molecule is COCOc1cc(C)c(C(=O)N[C@@H]2CN(C(=O)O)CCC[C@H]2OCc2ccccc2)c(C)c1C. The van der Waals surface area contributed by atoms with E-state index in [1.54, 1.807) is 7.11 Å². The number of hydrogen-bond donors (Lipinski definition) is 2. The topological polar surface area (TPSA) is 97.3 Å². The summed E-state index contributed by atoms with van der Waals surface area (Å²) in [6.07, 6.45) is 0.0220. The Hall–Kier alpha value is -3.10. The molecule has 1 fully saturated rings. The van der Waals surface area contributed by atoms with Gasteiger partial charge in [0.05, 0.1) is 18.8 Å². The van der Waals surface area contributed by atoms with Gasteiger partial charge in [0, 0.05) is 25.8 Å². The van der Waals surface area contributed by atoms with Gasteiger partial charge in [0.2, 0.25) is 0 Å². The lowest BCUT2D eigenvalue weighted by atomic mass is 9.96. The molecule has 0 spiro atoms. The number of benzene rings is 2. The van der Waals surface area contributed by atoms with Gasteiger partial charge in [-0.05, 0) is 61.9 Å². The van der Waals surface area contributed by atoms with Crippen molar-refractivity contribution in [2.45, 2.75) is 52.4 Å². The molecular weight excluding hydrogens is 436 g/mol. The summed E-state index contributed by atoms with van der Waals surface area (Å²) in [6.45, 7) is 6.76. The molecule has 2 aromatic carbocycles. The molecule has 34 heavy (non-hydrogen) atoms. The number of nitrogens with one attached hydrogen (secondary N) is 1. The quantitative estimate of drug-likeness (QED) is 0.565. The molecular formula is C26H34N2O6. The van der Waals surface area contributed by atoms with E-state index in [0.717, 1.165) is 22.3 Å². The number of carboxylic acid groups (broad SMARTS) is 1. The molecule has 0 aromatic heterocycles. The van der Waals surface area contributed by atoms with Crippen molar-refractivity contribution in [3.63, 3.8) is 0 Å². The molecule has 1 saturated heterocycles. The number of carbonyl (C=O) groups is 2. The summed E-state index contributed by atoms with van der Waals surface area (Å²) in [6, 6.07) is 11.2. The van der Waals surface area contributed by atoms with Crippen molar-refractivity contribution in [2.75, 3.05) is 27.0 Å². The van der Waals surface area contributed by atoms with Crippen LogP contribution >= 0.6 is 0 Å². The van der Waals surface area contributed by atoms with E-state index in [2.05, 4.69) is 5.32 Å². The van der Waals surface area contributed by atoms with E-state index in [0.29, 0.717) is 37.3 Å². The number of nitrogens with zero attached hydrogens (tertiary/aromatic N) is 1. The van der Waals surface area contributed by atoms with E-state index in [1.807, 2.05) is 57.2 Å². The highest BCUT2D eigenvalue weighted by molar-refractivity contribution is 5.98. The Bertz CT molecular complexity index is 995. The fraction of sp³-hybridized carbons (Fsp3) is 0.462. The minimum atomic E-state index is -0.995. The molecule has 0 aliphatic carbocycles. The van der Waals surface area contributed by atoms with E-state index in [-0.39, 0.29) is 25.3 Å². The molecule has 1 aliphatic rings. The summed E-state index contributed by atoms with van der Waals surface area (Å²) in [5, 5.41) is 12.7. The summed E-state index contributed by atoms with van der Waals surface area (Å²) in [4.78, 5) is 26.5. The Balaban J connectivity index is 1.82. The van der Waals surface area contributed by atoms with Crippen LogP contribution in [0, 0.1) is 20.8 Å². The molecule has 2 amide bonds. The van der Waals surface area contributed by atoms with Gasteiger partial charge in [-0.1, -0.05) is 30.3 Å². The van der Waals surface area contributed by atoms with Gasteiger partial charge in [0.25, 0.3) is 5.91 Å². The third-order valence-corrected chi connectivity index (χ3v) is 6.28. The van der Waals surface area contributed by atoms with E-state index >= 15 is 0 Å². The van der Waals surface area contributed by atoms with Gasteiger partial charge in [-0.15, -0.1) is 0 Å². The third-order valence-electron chi connectivity index (χ3n) is 6.28. The highest BCUT2D eigenvalue weighted by Crippen LogP contribution is 2.28. The lowest BCUT2D eigenvalue weighted by Crippen LogP contribution is -2.50. The van der Waals surface area contributed by atoms with Crippen LogP contribution in [0.15, 0.2) is 36.4 Å². The smallest absolute Gasteiger partial charge is 0.407 e. The Morgan fingerprint density at radius 2 is 1.88 bits per heavy atom. The number of aryl methyl sites for hydroxylation is 1. The number of hydrogen-bond acceptors (Lipinski definition) is 5. The van der Waals surface area contributed by atoms with Crippen molar-refractivity contribution in [1.82, 2.24) is 10.2 Å². The van der Waals surface area contributed by atoms with Crippen LogP contribution < -0.4 is 10.1 Å². The number of methoxy groups -OCH3 is 1. The lowest BCUT2D eigenvalue weighted by molar-refractivity contribution is 0.0106. The Labute approximate surface area is 200 Å². The summed E-state index contributed by atoms with van der Waals surface area (Å²) >= 11 is 0. The second-order valence-corrected chi connectivity index (χ2v) is 8.65. The minimum Gasteiger partial charge on any atom is -0.467 e. The first-order valence-electron chi connectivity index (χ1n) is 11.5. The number of amides is 2. The fourth-order valence-electron chi connectivity index (χ4n) is 4.33. The number of carbonyl (C=O) groups excluding carboxylic acids is 1. The second-order valence-electron chi connectivity index (χ2n) is 8.65. The van der Waals surface area contributed by atoms with E-state index in [4.69, 9.17) is 14.2 Å². The maximum atomic E-state index is 13.4. The van der Waals surface area contributed by atoms with Crippen LogP contribution in [0.4, 0.5) is 4.79 Å². The van der Waals surface area contributed by atoms with E-state index < -0.39 is 12.1 Å². The van der Waals surface area contributed by atoms with Crippen LogP contribution in [0.5, 0.6) is 5.75 Å². The molecule has 2 atom stereocenters. The largest absolute Gasteiger partial charge is 0.467 e. The van der Waals surface area contributed by atoms with Crippen molar-refractivity contribution >= 4 is 12.0 Å². The molecule has 2 N–H and O–H groups in total. The molecule has 2 aromatic rings. The molecule has 8 heteroatoms. The van der Waals surface area contributed by atoms with Gasteiger partial charge < -0.3 is 29.5 Å². The predicted molar refractivity (Wildman–Crippen MR) is 128 cm³/mol. The Morgan fingerprint density at radius 1 is 1.15 bits per heavy atom. The molecule has 0 unspecified atom stereocenters. The number of rotatable bonds is 8. The van der Waals surface area contributed by atoms with Crippen molar-refractivity contribution in [3.8, 4) is 5.75 Å². The molecule has 184 valence electrons. The Morgan fingerprint density at radius 3 is 2.56 bits per heavy atom. The fourth-order valence-corrected chi connectivity index (χ4v) is 4.33. The number of likely N-dealkylation sites (tertiary alicyclic amines) is 1.